The average molecular weight is 536 g/mol. The predicted octanol–water partition coefficient (Wildman–Crippen LogP) is 4.18. The molecule has 2 saturated heterocycles. The fourth-order valence-corrected chi connectivity index (χ4v) is 5.81. The van der Waals surface area contributed by atoms with Gasteiger partial charge in [-0.25, -0.2) is 24.5 Å². The molecule has 0 spiro atoms. The van der Waals surface area contributed by atoms with Crippen molar-refractivity contribution in [1.82, 2.24) is 29.5 Å². The zero-order valence-electron chi connectivity index (χ0n) is 22.6. The van der Waals surface area contributed by atoms with Gasteiger partial charge in [-0.15, -0.1) is 0 Å². The molecular weight excluding hydrogens is 502 g/mol. The average Bonchev–Trinajstić information content (AvgIpc) is 3.68. The van der Waals surface area contributed by atoms with Gasteiger partial charge in [0.2, 0.25) is 0 Å². The van der Waals surface area contributed by atoms with Crippen LogP contribution in [0.1, 0.15) is 18.4 Å². The summed E-state index contributed by atoms with van der Waals surface area (Å²) in [7, 11) is 2.18. The molecule has 2 aliphatic heterocycles. The third kappa shape index (κ3) is 5.03. The standard InChI is InChI=1S/C30H33N9O/c1-36-12-14-37(15-13-36)26-7-5-25(6-8-26)35-28-19-30(32-20-31-28)39-27(10-16-40-39)24-4-2-3-22(17-24)23-9-11-38-29(18-23)33-21-34-38/h2-9,11,18-21,24,27H,10,12-17H2,1H3,(H,31,32,35)/t24?,27-/m1/s1. The van der Waals surface area contributed by atoms with E-state index >= 15 is 0 Å². The fraction of sp³-hybridized carbons (Fsp3) is 0.333. The molecule has 3 aliphatic rings. The van der Waals surface area contributed by atoms with Gasteiger partial charge in [-0.05, 0) is 67.4 Å². The van der Waals surface area contributed by atoms with Gasteiger partial charge in [0.1, 0.15) is 18.5 Å². The van der Waals surface area contributed by atoms with Crippen LogP contribution < -0.4 is 15.3 Å². The highest BCUT2D eigenvalue weighted by Crippen LogP contribution is 2.36. The normalized spacial score (nSPS) is 21.7. The molecule has 3 aromatic heterocycles. The van der Waals surface area contributed by atoms with Crippen LogP contribution in [-0.2, 0) is 4.84 Å². The Balaban J connectivity index is 1.03. The minimum atomic E-state index is 0.183. The second-order valence-corrected chi connectivity index (χ2v) is 10.7. The summed E-state index contributed by atoms with van der Waals surface area (Å²) in [5.41, 5.74) is 5.56. The molecule has 10 nitrogen and oxygen atoms in total. The van der Waals surface area contributed by atoms with Crippen molar-refractivity contribution in [3.8, 4) is 0 Å². The van der Waals surface area contributed by atoms with Crippen molar-refractivity contribution in [1.29, 1.82) is 0 Å². The van der Waals surface area contributed by atoms with Gasteiger partial charge in [0.15, 0.2) is 11.5 Å². The first-order valence-electron chi connectivity index (χ1n) is 13.9. The van der Waals surface area contributed by atoms with Crippen LogP contribution in [0, 0.1) is 5.92 Å². The van der Waals surface area contributed by atoms with E-state index in [1.165, 1.54) is 16.8 Å². The Labute approximate surface area is 233 Å². The van der Waals surface area contributed by atoms with Crippen molar-refractivity contribution in [3.63, 3.8) is 0 Å². The van der Waals surface area contributed by atoms with Crippen LogP contribution in [0.3, 0.4) is 0 Å². The summed E-state index contributed by atoms with van der Waals surface area (Å²) in [6, 6.07) is 14.9. The summed E-state index contributed by atoms with van der Waals surface area (Å²) in [6.07, 6.45) is 13.6. The summed E-state index contributed by atoms with van der Waals surface area (Å²) < 4.78 is 1.79. The van der Waals surface area contributed by atoms with Crippen LogP contribution >= 0.6 is 0 Å². The molecule has 10 heteroatoms. The maximum atomic E-state index is 6.12. The number of hydrogen-bond donors (Lipinski definition) is 1. The summed E-state index contributed by atoms with van der Waals surface area (Å²) in [6.45, 7) is 4.97. The van der Waals surface area contributed by atoms with Crippen LogP contribution in [0.2, 0.25) is 0 Å². The quantitative estimate of drug-likeness (QED) is 0.391. The van der Waals surface area contributed by atoms with E-state index in [0.29, 0.717) is 12.5 Å². The number of anilines is 4. The maximum absolute atomic E-state index is 6.12. The lowest BCUT2D eigenvalue weighted by Gasteiger charge is -2.34. The van der Waals surface area contributed by atoms with E-state index < -0.39 is 0 Å². The first-order valence-corrected chi connectivity index (χ1v) is 13.9. The minimum absolute atomic E-state index is 0.183. The summed E-state index contributed by atoms with van der Waals surface area (Å²) in [4.78, 5) is 24.3. The lowest BCUT2D eigenvalue weighted by molar-refractivity contribution is 0.151. The van der Waals surface area contributed by atoms with Gasteiger partial charge < -0.3 is 15.1 Å². The Kier molecular flexibility index (Phi) is 6.62. The molecule has 0 radical (unpaired) electrons. The molecule has 0 saturated carbocycles. The SMILES string of the molecule is CN1CCN(c2ccc(Nc3cc(N4OCC[C@@H]4C4C=CC=C(c5ccn6ncnc6c5)C4)ncn3)cc2)CC1. The van der Waals surface area contributed by atoms with E-state index in [1.807, 2.05) is 17.3 Å². The van der Waals surface area contributed by atoms with Crippen molar-refractivity contribution >= 4 is 34.2 Å². The second kappa shape index (κ2) is 10.7. The topological polar surface area (TPSA) is 87.0 Å². The number of benzene rings is 1. The number of nitrogens with one attached hydrogen (secondary N) is 1. The number of allylic oxidation sites excluding steroid dienone is 3. The third-order valence-corrected chi connectivity index (χ3v) is 8.09. The van der Waals surface area contributed by atoms with Crippen molar-refractivity contribution < 1.29 is 4.84 Å². The molecule has 1 aliphatic carbocycles. The first-order chi connectivity index (χ1) is 19.7. The van der Waals surface area contributed by atoms with Gasteiger partial charge in [0.25, 0.3) is 0 Å². The Morgan fingerprint density at radius 3 is 2.70 bits per heavy atom. The van der Waals surface area contributed by atoms with Crippen molar-refractivity contribution in [2.45, 2.75) is 18.9 Å². The van der Waals surface area contributed by atoms with E-state index in [-0.39, 0.29) is 6.04 Å². The molecule has 7 rings (SSSR count). The van der Waals surface area contributed by atoms with Crippen LogP contribution in [0.15, 0.2) is 79.5 Å². The smallest absolute Gasteiger partial charge is 0.158 e. The molecule has 0 bridgehead atoms. The number of nitrogens with zero attached hydrogens (tertiary/aromatic N) is 8. The van der Waals surface area contributed by atoms with Crippen molar-refractivity contribution in [2.75, 3.05) is 55.1 Å². The fourth-order valence-electron chi connectivity index (χ4n) is 5.81. The monoisotopic (exact) mass is 535 g/mol. The summed E-state index contributed by atoms with van der Waals surface area (Å²) in [5.74, 6) is 1.81. The molecule has 1 N–H and O–H groups in total. The molecule has 40 heavy (non-hydrogen) atoms. The number of rotatable bonds is 6. The number of aromatic nitrogens is 5. The minimum Gasteiger partial charge on any atom is -0.369 e. The molecule has 1 aromatic carbocycles. The summed E-state index contributed by atoms with van der Waals surface area (Å²) >= 11 is 0. The molecule has 2 atom stereocenters. The first kappa shape index (κ1) is 24.7. The Hall–Kier alpha value is -4.28. The number of pyridine rings is 1. The lowest BCUT2D eigenvalue weighted by atomic mass is 9.84. The molecule has 5 heterocycles. The van der Waals surface area contributed by atoms with Crippen molar-refractivity contribution in [3.05, 3.63) is 85.1 Å². The predicted molar refractivity (Wildman–Crippen MR) is 157 cm³/mol. The van der Waals surface area contributed by atoms with Crippen LogP contribution in [0.5, 0.6) is 0 Å². The molecule has 4 aromatic rings. The molecular formula is C30H33N9O. The van der Waals surface area contributed by atoms with Gasteiger partial charge in [-0.3, -0.25) is 4.84 Å². The maximum Gasteiger partial charge on any atom is 0.158 e. The lowest BCUT2D eigenvalue weighted by Crippen LogP contribution is -2.44. The second-order valence-electron chi connectivity index (χ2n) is 10.7. The van der Waals surface area contributed by atoms with E-state index in [9.17, 15) is 0 Å². The van der Waals surface area contributed by atoms with E-state index in [0.717, 1.165) is 62.0 Å². The van der Waals surface area contributed by atoms with Crippen molar-refractivity contribution in [2.24, 2.45) is 5.92 Å². The van der Waals surface area contributed by atoms with Crippen LogP contribution in [0.4, 0.5) is 23.0 Å². The number of hydrogen-bond acceptors (Lipinski definition) is 9. The number of hydroxylamine groups is 1. The highest BCUT2D eigenvalue weighted by Gasteiger charge is 2.34. The molecule has 0 amide bonds. The third-order valence-electron chi connectivity index (χ3n) is 8.09. The van der Waals surface area contributed by atoms with Gasteiger partial charge in [0.05, 0.1) is 12.6 Å². The number of piperazine rings is 1. The Morgan fingerprint density at radius 2 is 1.82 bits per heavy atom. The van der Waals surface area contributed by atoms with Crippen LogP contribution in [-0.4, -0.2) is 75.3 Å². The van der Waals surface area contributed by atoms with Crippen LogP contribution in [0.25, 0.3) is 11.2 Å². The van der Waals surface area contributed by atoms with Gasteiger partial charge in [-0.2, -0.15) is 5.10 Å². The summed E-state index contributed by atoms with van der Waals surface area (Å²) in [5, 5.41) is 9.63. The zero-order valence-corrected chi connectivity index (χ0v) is 22.6. The van der Waals surface area contributed by atoms with Gasteiger partial charge in [0, 0.05) is 55.7 Å². The number of fused-ring (bicyclic) bond motifs is 1. The van der Waals surface area contributed by atoms with Gasteiger partial charge in [-0.1, -0.05) is 18.2 Å². The highest BCUT2D eigenvalue weighted by molar-refractivity contribution is 5.71. The largest absolute Gasteiger partial charge is 0.369 e. The van der Waals surface area contributed by atoms with Gasteiger partial charge >= 0.3 is 0 Å². The zero-order chi connectivity index (χ0) is 26.9. The number of likely N-dealkylation sites (N-methyl/N-ethyl adjacent to an activating group) is 1. The van der Waals surface area contributed by atoms with E-state index in [4.69, 9.17) is 4.84 Å². The molecule has 1 unspecified atom stereocenters. The Bertz CT molecular complexity index is 1540. The Morgan fingerprint density at radius 1 is 0.950 bits per heavy atom. The van der Waals surface area contributed by atoms with E-state index in [1.54, 1.807) is 17.2 Å². The molecule has 204 valence electrons. The highest BCUT2D eigenvalue weighted by atomic mass is 16.7. The van der Waals surface area contributed by atoms with E-state index in [2.05, 4.69) is 96.8 Å². The molecule has 2 fully saturated rings.